The van der Waals surface area contributed by atoms with Crippen molar-refractivity contribution in [1.29, 1.82) is 0 Å². The number of rotatable bonds is 3. The Morgan fingerprint density at radius 1 is 1.56 bits per heavy atom. The van der Waals surface area contributed by atoms with E-state index in [4.69, 9.17) is 17.3 Å². The zero-order valence-corrected chi connectivity index (χ0v) is 9.31. The Morgan fingerprint density at radius 3 is 3.06 bits per heavy atom. The van der Waals surface area contributed by atoms with Crippen LogP contribution in [0.2, 0.25) is 5.28 Å². The summed E-state index contributed by atoms with van der Waals surface area (Å²) in [6.45, 7) is 0.466. The summed E-state index contributed by atoms with van der Waals surface area (Å²) in [6.07, 6.45) is 3.07. The highest BCUT2D eigenvalue weighted by Crippen LogP contribution is 2.16. The van der Waals surface area contributed by atoms with Crippen molar-refractivity contribution in [2.75, 3.05) is 11.1 Å². The van der Waals surface area contributed by atoms with Gasteiger partial charge in [-0.2, -0.15) is 4.98 Å². The van der Waals surface area contributed by atoms with Crippen molar-refractivity contribution in [2.45, 2.75) is 6.54 Å². The van der Waals surface area contributed by atoms with E-state index in [0.717, 1.165) is 5.82 Å². The largest absolute Gasteiger partial charge is 0.394 e. The Bertz CT molecular complexity index is 495. The van der Waals surface area contributed by atoms with Gasteiger partial charge < -0.3 is 15.6 Å². The van der Waals surface area contributed by atoms with Gasteiger partial charge in [-0.3, -0.25) is 0 Å². The van der Waals surface area contributed by atoms with Crippen molar-refractivity contribution in [3.8, 4) is 0 Å². The van der Waals surface area contributed by atoms with E-state index in [-0.39, 0.29) is 5.28 Å². The molecule has 16 heavy (non-hydrogen) atoms. The van der Waals surface area contributed by atoms with Crippen molar-refractivity contribution in [3.05, 3.63) is 23.6 Å². The molecule has 2 aromatic heterocycles. The Hall–Kier alpha value is -1.89. The van der Waals surface area contributed by atoms with Crippen LogP contribution >= 0.6 is 11.6 Å². The number of nitrogens with one attached hydrogen (secondary N) is 1. The molecule has 84 valence electrons. The summed E-state index contributed by atoms with van der Waals surface area (Å²) in [7, 11) is 1.85. The van der Waals surface area contributed by atoms with Crippen LogP contribution in [-0.2, 0) is 13.6 Å². The first-order chi connectivity index (χ1) is 7.66. The van der Waals surface area contributed by atoms with E-state index in [0.29, 0.717) is 18.1 Å². The minimum absolute atomic E-state index is 0.148. The number of hydrogen-bond acceptors (Lipinski definition) is 6. The molecule has 2 aromatic rings. The maximum Gasteiger partial charge on any atom is 0.224 e. The molecule has 7 nitrogen and oxygen atoms in total. The molecule has 0 atom stereocenters. The second kappa shape index (κ2) is 4.31. The molecule has 2 heterocycles. The van der Waals surface area contributed by atoms with Gasteiger partial charge in [-0.05, 0) is 11.6 Å². The van der Waals surface area contributed by atoms with Crippen molar-refractivity contribution in [1.82, 2.24) is 24.7 Å². The Labute approximate surface area is 96.7 Å². The van der Waals surface area contributed by atoms with Crippen LogP contribution in [0.5, 0.6) is 0 Å². The van der Waals surface area contributed by atoms with Crippen LogP contribution in [0.15, 0.2) is 12.5 Å². The Balaban J connectivity index is 2.10. The molecule has 0 saturated carbocycles. The SMILES string of the molecule is Cn1cnnc1CNc1nc(Cl)ncc1N. The van der Waals surface area contributed by atoms with Gasteiger partial charge in [-0.1, -0.05) is 0 Å². The number of hydrogen-bond donors (Lipinski definition) is 2. The van der Waals surface area contributed by atoms with Crippen molar-refractivity contribution < 1.29 is 0 Å². The fraction of sp³-hybridized carbons (Fsp3) is 0.250. The van der Waals surface area contributed by atoms with Crippen LogP contribution in [0.1, 0.15) is 5.82 Å². The number of aryl methyl sites for hydroxylation is 1. The summed E-state index contributed by atoms with van der Waals surface area (Å²) in [5.41, 5.74) is 6.11. The lowest BCUT2D eigenvalue weighted by Crippen LogP contribution is -2.09. The predicted molar refractivity (Wildman–Crippen MR) is 59.8 cm³/mol. The van der Waals surface area contributed by atoms with E-state index in [1.165, 1.54) is 6.20 Å². The molecule has 3 N–H and O–H groups in total. The molecule has 8 heteroatoms. The molecule has 0 saturated heterocycles. The van der Waals surface area contributed by atoms with Crippen molar-refractivity contribution in [3.63, 3.8) is 0 Å². The summed E-state index contributed by atoms with van der Waals surface area (Å²) in [6, 6.07) is 0. The first-order valence-electron chi connectivity index (χ1n) is 4.51. The maximum atomic E-state index is 5.68. The highest BCUT2D eigenvalue weighted by atomic mass is 35.5. The van der Waals surface area contributed by atoms with Gasteiger partial charge in [0.05, 0.1) is 18.4 Å². The van der Waals surface area contributed by atoms with Gasteiger partial charge in [0.15, 0.2) is 11.6 Å². The molecule has 2 rings (SSSR count). The van der Waals surface area contributed by atoms with Gasteiger partial charge in [-0.25, -0.2) is 4.98 Å². The highest BCUT2D eigenvalue weighted by molar-refractivity contribution is 6.28. The molecule has 0 aliphatic rings. The monoisotopic (exact) mass is 239 g/mol. The fourth-order valence-corrected chi connectivity index (χ4v) is 1.27. The van der Waals surface area contributed by atoms with E-state index in [9.17, 15) is 0 Å². The van der Waals surface area contributed by atoms with E-state index >= 15 is 0 Å². The van der Waals surface area contributed by atoms with E-state index in [2.05, 4.69) is 25.5 Å². The summed E-state index contributed by atoms with van der Waals surface area (Å²) in [5.74, 6) is 1.26. The van der Waals surface area contributed by atoms with Gasteiger partial charge in [0.2, 0.25) is 5.28 Å². The number of anilines is 2. The summed E-state index contributed by atoms with van der Waals surface area (Å²) in [4.78, 5) is 7.72. The second-order valence-corrected chi connectivity index (χ2v) is 3.49. The summed E-state index contributed by atoms with van der Waals surface area (Å²) in [5, 5.41) is 10.8. The summed E-state index contributed by atoms with van der Waals surface area (Å²) < 4.78 is 1.80. The van der Waals surface area contributed by atoms with Crippen LogP contribution < -0.4 is 11.1 Å². The molecule has 0 unspecified atom stereocenters. The topological polar surface area (TPSA) is 94.5 Å². The van der Waals surface area contributed by atoms with Gasteiger partial charge in [0.1, 0.15) is 6.33 Å². The maximum absolute atomic E-state index is 5.68. The highest BCUT2D eigenvalue weighted by Gasteiger charge is 2.05. The number of nitrogen functional groups attached to an aromatic ring is 1. The van der Waals surface area contributed by atoms with Crippen LogP contribution in [0, 0.1) is 0 Å². The fourth-order valence-electron chi connectivity index (χ4n) is 1.14. The predicted octanol–water partition coefficient (Wildman–Crippen LogP) is 0.453. The van der Waals surface area contributed by atoms with Gasteiger partial charge >= 0.3 is 0 Å². The van der Waals surface area contributed by atoms with Crippen LogP contribution in [0.4, 0.5) is 11.5 Å². The van der Waals surface area contributed by atoms with Crippen molar-refractivity contribution in [2.24, 2.45) is 7.05 Å². The molecular weight excluding hydrogens is 230 g/mol. The molecule has 0 aromatic carbocycles. The van der Waals surface area contributed by atoms with E-state index in [1.807, 2.05) is 7.05 Å². The lowest BCUT2D eigenvalue weighted by atomic mass is 10.4. The first-order valence-corrected chi connectivity index (χ1v) is 4.89. The summed E-state index contributed by atoms with van der Waals surface area (Å²) >= 11 is 5.66. The van der Waals surface area contributed by atoms with Gasteiger partial charge in [-0.15, -0.1) is 10.2 Å². The zero-order chi connectivity index (χ0) is 11.5. The third-order valence-electron chi connectivity index (χ3n) is 2.01. The standard InChI is InChI=1S/C8H10ClN7/c1-16-4-13-15-6(16)3-11-7-5(10)2-12-8(9)14-7/h2,4H,3,10H2,1H3,(H,11,12,14). The smallest absolute Gasteiger partial charge is 0.224 e. The molecule has 0 aliphatic heterocycles. The number of aromatic nitrogens is 5. The Morgan fingerprint density at radius 2 is 2.38 bits per heavy atom. The first kappa shape index (κ1) is 10.6. The number of halogens is 1. The average molecular weight is 240 g/mol. The van der Waals surface area contributed by atoms with E-state index in [1.54, 1.807) is 10.9 Å². The molecular formula is C8H10ClN7. The minimum Gasteiger partial charge on any atom is -0.394 e. The molecule has 0 radical (unpaired) electrons. The third-order valence-corrected chi connectivity index (χ3v) is 2.19. The Kier molecular flexibility index (Phi) is 2.86. The van der Waals surface area contributed by atoms with Gasteiger partial charge in [0.25, 0.3) is 0 Å². The normalized spacial score (nSPS) is 10.4. The second-order valence-electron chi connectivity index (χ2n) is 3.15. The van der Waals surface area contributed by atoms with Crippen LogP contribution in [0.25, 0.3) is 0 Å². The molecule has 0 amide bonds. The minimum atomic E-state index is 0.148. The third kappa shape index (κ3) is 2.19. The lowest BCUT2D eigenvalue weighted by Gasteiger charge is -2.07. The average Bonchev–Trinajstić information content (AvgIpc) is 2.66. The molecule has 0 spiro atoms. The van der Waals surface area contributed by atoms with Gasteiger partial charge in [0, 0.05) is 7.05 Å². The number of nitrogens with two attached hydrogens (primary N) is 1. The van der Waals surface area contributed by atoms with E-state index < -0.39 is 0 Å². The molecule has 0 aliphatic carbocycles. The van der Waals surface area contributed by atoms with Crippen molar-refractivity contribution >= 4 is 23.1 Å². The number of nitrogens with zero attached hydrogens (tertiary/aromatic N) is 5. The molecule has 0 bridgehead atoms. The quantitative estimate of drug-likeness (QED) is 0.756. The van der Waals surface area contributed by atoms with Crippen LogP contribution in [-0.4, -0.2) is 24.7 Å². The van der Waals surface area contributed by atoms with Crippen LogP contribution in [0.3, 0.4) is 0 Å². The lowest BCUT2D eigenvalue weighted by molar-refractivity contribution is 0.810. The zero-order valence-electron chi connectivity index (χ0n) is 8.55. The molecule has 0 fully saturated rings.